The van der Waals surface area contributed by atoms with Crippen molar-refractivity contribution in [1.82, 2.24) is 13.7 Å². The lowest BCUT2D eigenvalue weighted by molar-refractivity contribution is -0.116. The summed E-state index contributed by atoms with van der Waals surface area (Å²) < 4.78 is 14.9. The molecule has 0 saturated heterocycles. The molecule has 0 bridgehead atoms. The van der Waals surface area contributed by atoms with Gasteiger partial charge in [-0.05, 0) is 18.2 Å². The van der Waals surface area contributed by atoms with Crippen molar-refractivity contribution in [2.75, 3.05) is 18.5 Å². The van der Waals surface area contributed by atoms with Gasteiger partial charge in [-0.25, -0.2) is 4.79 Å². The van der Waals surface area contributed by atoms with Crippen LogP contribution in [0.4, 0.5) is 5.69 Å². The third-order valence-corrected chi connectivity index (χ3v) is 4.50. The van der Waals surface area contributed by atoms with Crippen molar-refractivity contribution in [3.8, 4) is 11.5 Å². The van der Waals surface area contributed by atoms with E-state index in [-0.39, 0.29) is 18.0 Å². The predicted molar refractivity (Wildman–Crippen MR) is 98.5 cm³/mol. The zero-order valence-corrected chi connectivity index (χ0v) is 14.9. The Morgan fingerprint density at radius 3 is 2.59 bits per heavy atom. The molecule has 1 aliphatic rings. The molecule has 1 amide bonds. The molecule has 3 aromatic rings. The van der Waals surface area contributed by atoms with Crippen molar-refractivity contribution < 1.29 is 14.3 Å². The molecule has 0 unspecified atom stereocenters. The van der Waals surface area contributed by atoms with Crippen molar-refractivity contribution in [3.63, 3.8) is 0 Å². The number of amides is 1. The van der Waals surface area contributed by atoms with E-state index in [0.717, 1.165) is 4.57 Å². The molecule has 9 heteroatoms. The van der Waals surface area contributed by atoms with Gasteiger partial charge in [-0.15, -0.1) is 0 Å². The van der Waals surface area contributed by atoms with E-state index in [9.17, 15) is 14.4 Å². The second-order valence-corrected chi connectivity index (χ2v) is 6.29. The van der Waals surface area contributed by atoms with Crippen LogP contribution >= 0.6 is 0 Å². The minimum Gasteiger partial charge on any atom is -0.486 e. The normalized spacial score (nSPS) is 13.0. The summed E-state index contributed by atoms with van der Waals surface area (Å²) in [5.74, 6) is 0.926. The number of nitrogens with zero attached hydrogens (tertiary/aromatic N) is 3. The molecule has 1 N–H and O–H groups in total. The van der Waals surface area contributed by atoms with Gasteiger partial charge in [0.25, 0.3) is 5.56 Å². The number of nitrogens with one attached hydrogen (secondary N) is 1. The van der Waals surface area contributed by atoms with Gasteiger partial charge < -0.3 is 19.4 Å². The molecule has 1 aromatic carbocycles. The molecule has 4 rings (SSSR count). The second kappa shape index (κ2) is 6.35. The molecule has 27 heavy (non-hydrogen) atoms. The van der Waals surface area contributed by atoms with Crippen LogP contribution in [0.25, 0.3) is 11.0 Å². The number of carbonyl (C=O) groups excluding carboxylic acids is 1. The van der Waals surface area contributed by atoms with E-state index >= 15 is 0 Å². The van der Waals surface area contributed by atoms with E-state index in [1.807, 2.05) is 0 Å². The molecule has 0 aliphatic carbocycles. The monoisotopic (exact) mass is 370 g/mol. The molecule has 3 heterocycles. The highest BCUT2D eigenvalue weighted by Gasteiger charge is 2.16. The number of anilines is 1. The zero-order valence-electron chi connectivity index (χ0n) is 14.9. The average molecular weight is 370 g/mol. The van der Waals surface area contributed by atoms with Crippen molar-refractivity contribution in [2.24, 2.45) is 14.1 Å². The highest BCUT2D eigenvalue weighted by molar-refractivity contribution is 5.92. The number of hydrogen-bond acceptors (Lipinski definition) is 5. The summed E-state index contributed by atoms with van der Waals surface area (Å²) in [6.07, 6.45) is 1.62. The van der Waals surface area contributed by atoms with Gasteiger partial charge in [0.1, 0.15) is 25.4 Å². The van der Waals surface area contributed by atoms with Gasteiger partial charge in [-0.1, -0.05) is 0 Å². The number of ether oxygens (including phenoxy) is 2. The molecule has 140 valence electrons. The molecule has 0 spiro atoms. The Bertz CT molecular complexity index is 1170. The van der Waals surface area contributed by atoms with Crippen LogP contribution in [0.1, 0.15) is 0 Å². The van der Waals surface area contributed by atoms with E-state index in [1.54, 1.807) is 42.1 Å². The summed E-state index contributed by atoms with van der Waals surface area (Å²) in [6, 6.07) is 6.77. The lowest BCUT2D eigenvalue weighted by Crippen LogP contribution is -2.37. The minimum atomic E-state index is -0.445. The van der Waals surface area contributed by atoms with E-state index in [1.165, 1.54) is 11.6 Å². The van der Waals surface area contributed by atoms with Crippen molar-refractivity contribution in [1.29, 1.82) is 0 Å². The summed E-state index contributed by atoms with van der Waals surface area (Å²) in [5.41, 5.74) is 0.143. The van der Waals surface area contributed by atoms with Gasteiger partial charge in [0.05, 0.1) is 5.39 Å². The summed E-state index contributed by atoms with van der Waals surface area (Å²) in [6.45, 7) is 0.915. The molecule has 0 atom stereocenters. The van der Waals surface area contributed by atoms with Gasteiger partial charge in [0.2, 0.25) is 5.91 Å². The fraction of sp³-hybridized carbons (Fsp3) is 0.278. The smallest absolute Gasteiger partial charge is 0.332 e. The summed E-state index contributed by atoms with van der Waals surface area (Å²) in [5, 5.41) is 3.17. The molecule has 9 nitrogen and oxygen atoms in total. The highest BCUT2D eigenvalue weighted by Crippen LogP contribution is 2.32. The van der Waals surface area contributed by atoms with Gasteiger partial charge in [-0.2, -0.15) is 0 Å². The van der Waals surface area contributed by atoms with Crippen LogP contribution in [0.5, 0.6) is 11.5 Å². The largest absolute Gasteiger partial charge is 0.486 e. The number of fused-ring (bicyclic) bond motifs is 2. The quantitative estimate of drug-likeness (QED) is 0.722. The number of benzene rings is 1. The average Bonchev–Trinajstić information content (AvgIpc) is 3.08. The fourth-order valence-electron chi connectivity index (χ4n) is 3.19. The Kier molecular flexibility index (Phi) is 3.98. The fourth-order valence-corrected chi connectivity index (χ4v) is 3.19. The van der Waals surface area contributed by atoms with Crippen LogP contribution in [-0.4, -0.2) is 32.8 Å². The minimum absolute atomic E-state index is 0.0433. The zero-order chi connectivity index (χ0) is 19.1. The first-order valence-corrected chi connectivity index (χ1v) is 8.40. The number of aryl methyl sites for hydroxylation is 1. The number of carbonyl (C=O) groups is 1. The van der Waals surface area contributed by atoms with Gasteiger partial charge in [0, 0.05) is 32.0 Å². The highest BCUT2D eigenvalue weighted by atomic mass is 16.6. The molecular formula is C18H18N4O5. The predicted octanol–water partition coefficient (Wildman–Crippen LogP) is 0.449. The number of aromatic nitrogens is 3. The standard InChI is InChI=1S/C18H18N4O5/c1-20-16-12(17(24)21(2)18(20)25)5-6-22(16)10-15(23)19-11-3-4-13-14(9-11)27-8-7-26-13/h3-6,9H,7-8,10H2,1-2H3,(H,19,23). The Labute approximate surface area is 153 Å². The summed E-state index contributed by atoms with van der Waals surface area (Å²) >= 11 is 0. The van der Waals surface area contributed by atoms with E-state index in [2.05, 4.69) is 5.32 Å². The maximum atomic E-state index is 12.5. The Morgan fingerprint density at radius 2 is 1.81 bits per heavy atom. The Hall–Kier alpha value is -3.49. The van der Waals surface area contributed by atoms with Crippen molar-refractivity contribution in [3.05, 3.63) is 51.3 Å². The summed E-state index contributed by atoms with van der Waals surface area (Å²) in [4.78, 5) is 36.9. The first-order valence-electron chi connectivity index (χ1n) is 8.40. The molecule has 0 fully saturated rings. The topological polar surface area (TPSA) is 96.5 Å². The molecular weight excluding hydrogens is 352 g/mol. The molecule has 2 aromatic heterocycles. The molecule has 0 radical (unpaired) electrons. The van der Waals surface area contributed by atoms with Crippen LogP contribution in [0.3, 0.4) is 0 Å². The number of rotatable bonds is 3. The van der Waals surface area contributed by atoms with E-state index in [0.29, 0.717) is 41.4 Å². The van der Waals surface area contributed by atoms with Gasteiger partial charge >= 0.3 is 5.69 Å². The first-order chi connectivity index (χ1) is 13.0. The lowest BCUT2D eigenvalue weighted by Gasteiger charge is -2.19. The first kappa shape index (κ1) is 17.0. The van der Waals surface area contributed by atoms with Crippen LogP contribution in [0, 0.1) is 0 Å². The van der Waals surface area contributed by atoms with Crippen LogP contribution in [0.15, 0.2) is 40.1 Å². The summed E-state index contributed by atoms with van der Waals surface area (Å²) in [7, 11) is 3.00. The van der Waals surface area contributed by atoms with Crippen LogP contribution in [0.2, 0.25) is 0 Å². The Balaban J connectivity index is 1.60. The van der Waals surface area contributed by atoms with Crippen molar-refractivity contribution >= 4 is 22.6 Å². The van der Waals surface area contributed by atoms with Gasteiger partial charge in [-0.3, -0.25) is 18.7 Å². The second-order valence-electron chi connectivity index (χ2n) is 6.29. The SMILES string of the molecule is Cn1c(=O)c2ccn(CC(=O)Nc3ccc4c(c3)OCCO4)c2n(C)c1=O. The number of hydrogen-bond donors (Lipinski definition) is 1. The third-order valence-electron chi connectivity index (χ3n) is 4.50. The van der Waals surface area contributed by atoms with Crippen molar-refractivity contribution in [2.45, 2.75) is 6.54 Å². The van der Waals surface area contributed by atoms with E-state index in [4.69, 9.17) is 9.47 Å². The van der Waals surface area contributed by atoms with E-state index < -0.39 is 5.69 Å². The molecule has 0 saturated carbocycles. The maximum absolute atomic E-state index is 12.5. The van der Waals surface area contributed by atoms with Gasteiger partial charge in [0.15, 0.2) is 11.5 Å². The van der Waals surface area contributed by atoms with Crippen LogP contribution in [-0.2, 0) is 25.4 Å². The third kappa shape index (κ3) is 2.86. The molecule has 1 aliphatic heterocycles. The lowest BCUT2D eigenvalue weighted by atomic mass is 10.2. The Morgan fingerprint density at radius 1 is 1.07 bits per heavy atom. The maximum Gasteiger partial charge on any atom is 0.332 e. The van der Waals surface area contributed by atoms with Crippen LogP contribution < -0.4 is 26.0 Å².